The molecule has 0 saturated carbocycles. The molecule has 3 heterocycles. The second-order valence-electron chi connectivity index (χ2n) is 6.74. The minimum absolute atomic E-state index is 0.0827. The largest absolute Gasteiger partial charge is 0.465 e. The fourth-order valence-corrected chi connectivity index (χ4v) is 4.81. The summed E-state index contributed by atoms with van der Waals surface area (Å²) in [7, 11) is 0. The maximum absolute atomic E-state index is 13.1. The lowest BCUT2D eigenvalue weighted by Crippen LogP contribution is -2.31. The molecule has 1 aliphatic heterocycles. The van der Waals surface area contributed by atoms with Gasteiger partial charge in [-0.2, -0.15) is 0 Å². The molecule has 9 heteroatoms. The highest BCUT2D eigenvalue weighted by atomic mass is 32.2. The van der Waals surface area contributed by atoms with Crippen LogP contribution < -0.4 is 10.2 Å². The predicted molar refractivity (Wildman–Crippen MR) is 129 cm³/mol. The van der Waals surface area contributed by atoms with Crippen molar-refractivity contribution >= 4 is 67.2 Å². The number of para-hydroxylation sites is 2. The number of fused-ring (bicyclic) bond motifs is 1. The van der Waals surface area contributed by atoms with Crippen LogP contribution in [-0.4, -0.2) is 27.7 Å². The number of carbonyl (C=O) groups is 2. The number of benzene rings is 2. The van der Waals surface area contributed by atoms with Crippen molar-refractivity contribution in [3.8, 4) is 0 Å². The van der Waals surface area contributed by atoms with Crippen LogP contribution in [0.15, 0.2) is 88.1 Å². The second-order valence-corrected chi connectivity index (χ2v) is 8.71. The molecule has 0 bridgehead atoms. The van der Waals surface area contributed by atoms with Crippen LogP contribution in [0.3, 0.4) is 0 Å². The normalized spacial score (nSPS) is 14.9. The zero-order valence-corrected chi connectivity index (χ0v) is 18.2. The maximum Gasteiger partial charge on any atom is 0.283 e. The number of furan rings is 1. The number of anilines is 2. The monoisotopic (exact) mass is 460 g/mol. The second kappa shape index (κ2) is 8.81. The van der Waals surface area contributed by atoms with Crippen LogP contribution in [0.1, 0.15) is 5.76 Å². The molecule has 0 aliphatic carbocycles. The van der Waals surface area contributed by atoms with Gasteiger partial charge in [-0.15, -0.1) is 0 Å². The van der Waals surface area contributed by atoms with Crippen molar-refractivity contribution < 1.29 is 14.0 Å². The Hall–Kier alpha value is -3.69. The van der Waals surface area contributed by atoms with Crippen LogP contribution >= 0.6 is 23.1 Å². The summed E-state index contributed by atoms with van der Waals surface area (Å²) >= 11 is 2.61. The number of amides is 2. The van der Waals surface area contributed by atoms with Gasteiger partial charge in [0, 0.05) is 6.08 Å². The SMILES string of the molecule is O=C(CSC1=NC(=Cc2ccco2)C(=O)N1c1ccccc1)Nc1nc2ccccc2s1. The highest BCUT2D eigenvalue weighted by molar-refractivity contribution is 8.14. The van der Waals surface area contributed by atoms with Crippen molar-refractivity contribution in [1.82, 2.24) is 4.98 Å². The van der Waals surface area contributed by atoms with Gasteiger partial charge in [-0.3, -0.25) is 14.5 Å². The first-order valence-corrected chi connectivity index (χ1v) is 11.5. The van der Waals surface area contributed by atoms with Crippen molar-refractivity contribution in [1.29, 1.82) is 0 Å². The summed E-state index contributed by atoms with van der Waals surface area (Å²) in [5.41, 5.74) is 1.77. The summed E-state index contributed by atoms with van der Waals surface area (Å²) in [4.78, 5) is 36.0. The van der Waals surface area contributed by atoms with Gasteiger partial charge in [-0.1, -0.05) is 53.4 Å². The van der Waals surface area contributed by atoms with E-state index < -0.39 is 0 Å². The number of nitrogens with one attached hydrogen (secondary N) is 1. The van der Waals surface area contributed by atoms with E-state index in [1.807, 2.05) is 54.6 Å². The Morgan fingerprint density at radius 1 is 1.09 bits per heavy atom. The summed E-state index contributed by atoms with van der Waals surface area (Å²) in [6, 6.07) is 20.4. The standard InChI is InChI=1S/C23H16N4O3S2/c28-20(26-22-24-17-10-4-5-11-19(17)32-22)14-31-23-25-18(13-16-9-6-12-30-16)21(29)27(23)15-7-2-1-3-8-15/h1-13H,14H2,(H,24,26,28). The molecule has 0 atom stereocenters. The van der Waals surface area contributed by atoms with Gasteiger partial charge in [0.15, 0.2) is 10.3 Å². The molecular weight excluding hydrogens is 444 g/mol. The zero-order chi connectivity index (χ0) is 21.9. The predicted octanol–water partition coefficient (Wildman–Crippen LogP) is 5.00. The van der Waals surface area contributed by atoms with E-state index >= 15 is 0 Å². The Labute approximate surface area is 191 Å². The lowest BCUT2D eigenvalue weighted by Gasteiger charge is -2.17. The Kier molecular flexibility index (Phi) is 5.57. The number of hydrogen-bond acceptors (Lipinski definition) is 7. The summed E-state index contributed by atoms with van der Waals surface area (Å²) in [6.45, 7) is 0. The first-order chi connectivity index (χ1) is 15.7. The minimum Gasteiger partial charge on any atom is -0.465 e. The molecule has 7 nitrogen and oxygen atoms in total. The molecule has 2 aromatic carbocycles. The number of thioether (sulfide) groups is 1. The smallest absolute Gasteiger partial charge is 0.283 e. The molecule has 1 aliphatic rings. The van der Waals surface area contributed by atoms with Crippen LogP contribution in [-0.2, 0) is 9.59 Å². The summed E-state index contributed by atoms with van der Waals surface area (Å²) in [5.74, 6) is 0.117. The van der Waals surface area contributed by atoms with Crippen molar-refractivity contribution in [3.05, 3.63) is 84.5 Å². The summed E-state index contributed by atoms with van der Waals surface area (Å²) in [5, 5.41) is 3.80. The third-order valence-electron chi connectivity index (χ3n) is 4.54. The van der Waals surface area contributed by atoms with Crippen LogP contribution in [0.25, 0.3) is 16.3 Å². The van der Waals surface area contributed by atoms with E-state index in [0.717, 1.165) is 10.2 Å². The Bertz CT molecular complexity index is 1310. The van der Waals surface area contributed by atoms with Crippen LogP contribution in [0.2, 0.25) is 0 Å². The Morgan fingerprint density at radius 2 is 1.91 bits per heavy atom. The van der Waals surface area contributed by atoms with E-state index in [2.05, 4.69) is 15.3 Å². The summed E-state index contributed by atoms with van der Waals surface area (Å²) in [6.07, 6.45) is 3.12. The Balaban J connectivity index is 1.34. The number of thiazole rings is 1. The van der Waals surface area contributed by atoms with Gasteiger partial charge < -0.3 is 9.73 Å². The zero-order valence-electron chi connectivity index (χ0n) is 16.6. The summed E-state index contributed by atoms with van der Waals surface area (Å²) < 4.78 is 6.32. The van der Waals surface area contributed by atoms with E-state index in [1.54, 1.807) is 18.2 Å². The molecule has 0 radical (unpaired) electrons. The van der Waals surface area contributed by atoms with Gasteiger partial charge in [0.25, 0.3) is 5.91 Å². The maximum atomic E-state index is 13.1. The molecule has 0 fully saturated rings. The molecule has 0 spiro atoms. The van der Waals surface area contributed by atoms with Gasteiger partial charge >= 0.3 is 0 Å². The first kappa shape index (κ1) is 20.2. The Morgan fingerprint density at radius 3 is 2.69 bits per heavy atom. The fraction of sp³-hybridized carbons (Fsp3) is 0.0435. The van der Waals surface area contributed by atoms with E-state index in [4.69, 9.17) is 4.42 Å². The molecule has 158 valence electrons. The van der Waals surface area contributed by atoms with Crippen molar-refractivity contribution in [2.45, 2.75) is 0 Å². The minimum atomic E-state index is -0.276. The van der Waals surface area contributed by atoms with Gasteiger partial charge in [-0.25, -0.2) is 9.98 Å². The number of carbonyl (C=O) groups excluding carboxylic acids is 2. The molecule has 1 N–H and O–H groups in total. The molecular formula is C23H16N4O3S2. The van der Waals surface area contributed by atoms with E-state index in [9.17, 15) is 9.59 Å². The average molecular weight is 461 g/mol. The first-order valence-electron chi connectivity index (χ1n) is 9.69. The fourth-order valence-electron chi connectivity index (χ4n) is 3.12. The van der Waals surface area contributed by atoms with Crippen molar-refractivity contribution in [2.24, 2.45) is 4.99 Å². The van der Waals surface area contributed by atoms with Gasteiger partial charge in [0.1, 0.15) is 11.5 Å². The molecule has 4 aromatic rings. The highest BCUT2D eigenvalue weighted by Crippen LogP contribution is 2.30. The van der Waals surface area contributed by atoms with Crippen LogP contribution in [0, 0.1) is 0 Å². The van der Waals surface area contributed by atoms with Crippen LogP contribution in [0.4, 0.5) is 10.8 Å². The van der Waals surface area contributed by atoms with Gasteiger partial charge in [0.05, 0.1) is 27.9 Å². The highest BCUT2D eigenvalue weighted by Gasteiger charge is 2.32. The van der Waals surface area contributed by atoms with Crippen molar-refractivity contribution in [2.75, 3.05) is 16.0 Å². The average Bonchev–Trinajstić information content (AvgIpc) is 3.52. The molecule has 0 saturated heterocycles. The molecule has 0 unspecified atom stereocenters. The molecule has 32 heavy (non-hydrogen) atoms. The third-order valence-corrected chi connectivity index (χ3v) is 6.43. The van der Waals surface area contributed by atoms with Gasteiger partial charge in [-0.05, 0) is 36.4 Å². The number of aromatic nitrogens is 1. The quantitative estimate of drug-likeness (QED) is 0.423. The lowest BCUT2D eigenvalue weighted by molar-refractivity contribution is -0.114. The third kappa shape index (κ3) is 4.20. The topological polar surface area (TPSA) is 87.8 Å². The van der Waals surface area contributed by atoms with E-state index in [1.165, 1.54) is 34.3 Å². The molecule has 2 amide bonds. The molecule has 2 aromatic heterocycles. The number of nitrogens with zero attached hydrogens (tertiary/aromatic N) is 3. The number of aliphatic imine (C=N–C) groups is 1. The number of amidine groups is 1. The van der Waals surface area contributed by atoms with Crippen LogP contribution in [0.5, 0.6) is 0 Å². The van der Waals surface area contributed by atoms with E-state index in [-0.39, 0.29) is 23.3 Å². The number of rotatable bonds is 5. The van der Waals surface area contributed by atoms with Crippen molar-refractivity contribution in [3.63, 3.8) is 0 Å². The van der Waals surface area contributed by atoms with E-state index in [0.29, 0.717) is 21.7 Å². The number of hydrogen-bond donors (Lipinski definition) is 1. The molecule has 5 rings (SSSR count). The van der Waals surface area contributed by atoms with Gasteiger partial charge in [0.2, 0.25) is 5.91 Å². The lowest BCUT2D eigenvalue weighted by atomic mass is 10.2.